The summed E-state index contributed by atoms with van der Waals surface area (Å²) in [5.74, 6) is 1.19. The number of hydrogen-bond acceptors (Lipinski definition) is 8. The molecule has 4 N–H and O–H groups in total. The summed E-state index contributed by atoms with van der Waals surface area (Å²) in [6, 6.07) is 18.9. The van der Waals surface area contributed by atoms with Crippen LogP contribution in [0, 0.1) is 0 Å². The van der Waals surface area contributed by atoms with Crippen molar-refractivity contribution in [1.82, 2.24) is 14.6 Å². The van der Waals surface area contributed by atoms with Gasteiger partial charge in [-0.25, -0.2) is 13.4 Å². The minimum atomic E-state index is -3.67. The van der Waals surface area contributed by atoms with Crippen LogP contribution in [-0.4, -0.2) is 49.4 Å². The van der Waals surface area contributed by atoms with Gasteiger partial charge in [-0.05, 0) is 92.6 Å². The standard InChI is InChI=1S/C33H39N5O5S/c1-4-42-29-20-24(11-14-28(29)43-22(2)3)31(37-26-12-13-27-23(19-26)15-16-35-32(27)34)33(39)36-21-25-9-5-6-10-30(25)44(40,41)38-17-7-8-18-38/h5-6,9-16,19-20,22,31,37H,4,7-8,17-18,21H2,1-3H3,(H2,34,35)(H,36,39). The Hall–Kier alpha value is -4.35. The monoisotopic (exact) mass is 617 g/mol. The number of sulfonamides is 1. The van der Waals surface area contributed by atoms with E-state index >= 15 is 0 Å². The molecule has 11 heteroatoms. The van der Waals surface area contributed by atoms with Crippen LogP contribution < -0.4 is 25.8 Å². The van der Waals surface area contributed by atoms with E-state index in [2.05, 4.69) is 15.6 Å². The molecule has 1 amide bonds. The first-order valence-electron chi connectivity index (χ1n) is 14.9. The van der Waals surface area contributed by atoms with Crippen molar-refractivity contribution in [3.63, 3.8) is 0 Å². The van der Waals surface area contributed by atoms with Crippen LogP contribution in [0.5, 0.6) is 11.5 Å². The minimum absolute atomic E-state index is 0.0348. The molecule has 1 saturated heterocycles. The summed E-state index contributed by atoms with van der Waals surface area (Å²) in [4.78, 5) is 18.3. The first kappa shape index (κ1) is 31.1. The molecule has 0 spiro atoms. The summed E-state index contributed by atoms with van der Waals surface area (Å²) in [6.07, 6.45) is 3.26. The van der Waals surface area contributed by atoms with Gasteiger partial charge in [0.05, 0.1) is 17.6 Å². The third-order valence-electron chi connectivity index (χ3n) is 7.44. The number of carbonyl (C=O) groups is 1. The molecule has 1 aromatic heterocycles. The molecule has 1 aliphatic rings. The lowest BCUT2D eigenvalue weighted by atomic mass is 10.0. The van der Waals surface area contributed by atoms with E-state index in [-0.39, 0.29) is 23.5 Å². The Balaban J connectivity index is 1.46. The normalized spacial score (nSPS) is 14.5. The van der Waals surface area contributed by atoms with Crippen LogP contribution in [0.15, 0.2) is 77.8 Å². The topological polar surface area (TPSA) is 136 Å². The molecule has 1 aliphatic heterocycles. The predicted octanol–water partition coefficient (Wildman–Crippen LogP) is 5.26. The van der Waals surface area contributed by atoms with Crippen LogP contribution in [0.4, 0.5) is 11.5 Å². The summed E-state index contributed by atoms with van der Waals surface area (Å²) in [5.41, 5.74) is 7.92. The number of nitrogen functional groups attached to an aromatic ring is 1. The molecule has 232 valence electrons. The average molecular weight is 618 g/mol. The lowest BCUT2D eigenvalue weighted by molar-refractivity contribution is -0.122. The molecule has 44 heavy (non-hydrogen) atoms. The third-order valence-corrected chi connectivity index (χ3v) is 9.44. The fourth-order valence-corrected chi connectivity index (χ4v) is 7.07. The quantitative estimate of drug-likeness (QED) is 0.196. The molecule has 0 bridgehead atoms. The summed E-state index contributed by atoms with van der Waals surface area (Å²) in [5, 5.41) is 8.03. The van der Waals surface area contributed by atoms with Gasteiger partial charge < -0.3 is 25.8 Å². The zero-order chi connectivity index (χ0) is 31.3. The first-order valence-corrected chi connectivity index (χ1v) is 16.3. The smallest absolute Gasteiger partial charge is 0.247 e. The molecule has 0 saturated carbocycles. The summed E-state index contributed by atoms with van der Waals surface area (Å²) >= 11 is 0. The zero-order valence-electron chi connectivity index (χ0n) is 25.2. The molecule has 0 radical (unpaired) electrons. The zero-order valence-corrected chi connectivity index (χ0v) is 26.1. The number of nitrogens with zero attached hydrogens (tertiary/aromatic N) is 2. The second-order valence-electron chi connectivity index (χ2n) is 11.0. The molecule has 5 rings (SSSR count). The number of amides is 1. The fourth-order valence-electron chi connectivity index (χ4n) is 5.34. The number of nitrogens with one attached hydrogen (secondary N) is 2. The number of aromatic nitrogens is 1. The molecule has 4 aromatic rings. The number of anilines is 2. The van der Waals surface area contributed by atoms with E-state index in [1.54, 1.807) is 42.6 Å². The van der Waals surface area contributed by atoms with Crippen LogP contribution in [0.1, 0.15) is 50.8 Å². The molecule has 1 fully saturated rings. The van der Waals surface area contributed by atoms with E-state index in [1.165, 1.54) is 4.31 Å². The highest BCUT2D eigenvalue weighted by atomic mass is 32.2. The van der Waals surface area contributed by atoms with Gasteiger partial charge >= 0.3 is 0 Å². The Bertz CT molecular complexity index is 1740. The van der Waals surface area contributed by atoms with E-state index in [9.17, 15) is 13.2 Å². The van der Waals surface area contributed by atoms with Crippen LogP contribution in [0.25, 0.3) is 10.8 Å². The van der Waals surface area contributed by atoms with Crippen molar-refractivity contribution in [2.45, 2.75) is 57.2 Å². The Morgan fingerprint density at radius 2 is 1.80 bits per heavy atom. The van der Waals surface area contributed by atoms with E-state index in [0.717, 1.165) is 23.6 Å². The Morgan fingerprint density at radius 3 is 2.55 bits per heavy atom. The van der Waals surface area contributed by atoms with Crippen molar-refractivity contribution >= 4 is 38.2 Å². The molecule has 1 unspecified atom stereocenters. The third kappa shape index (κ3) is 6.89. The van der Waals surface area contributed by atoms with E-state index < -0.39 is 16.1 Å². The second-order valence-corrected chi connectivity index (χ2v) is 12.9. The number of ether oxygens (including phenoxy) is 2. The highest BCUT2D eigenvalue weighted by molar-refractivity contribution is 7.89. The van der Waals surface area contributed by atoms with Crippen LogP contribution in [0.3, 0.4) is 0 Å². The number of nitrogens with two attached hydrogens (primary N) is 1. The number of pyridine rings is 1. The van der Waals surface area contributed by atoms with Gasteiger partial charge in [-0.2, -0.15) is 4.31 Å². The summed E-state index contributed by atoms with van der Waals surface area (Å²) in [6.45, 7) is 7.22. The van der Waals surface area contributed by atoms with Crippen LogP contribution in [-0.2, 0) is 21.4 Å². The Kier molecular flexibility index (Phi) is 9.55. The maximum atomic E-state index is 14.0. The van der Waals surface area contributed by atoms with Crippen LogP contribution in [0.2, 0.25) is 0 Å². The number of hydrogen-bond donors (Lipinski definition) is 3. The van der Waals surface area contributed by atoms with Crippen molar-refractivity contribution in [3.05, 3.63) is 84.1 Å². The van der Waals surface area contributed by atoms with Crippen LogP contribution >= 0.6 is 0 Å². The van der Waals surface area contributed by atoms with Crippen molar-refractivity contribution in [3.8, 4) is 11.5 Å². The first-order chi connectivity index (χ1) is 21.2. The van der Waals surface area contributed by atoms with Gasteiger partial charge in [0.15, 0.2) is 11.5 Å². The van der Waals surface area contributed by atoms with E-state index in [1.807, 2.05) is 51.1 Å². The van der Waals surface area contributed by atoms with Crippen molar-refractivity contribution < 1.29 is 22.7 Å². The maximum absolute atomic E-state index is 14.0. The highest BCUT2D eigenvalue weighted by Crippen LogP contribution is 2.34. The lowest BCUT2D eigenvalue weighted by Gasteiger charge is -2.23. The van der Waals surface area contributed by atoms with Gasteiger partial charge in [0.1, 0.15) is 11.9 Å². The average Bonchev–Trinajstić information content (AvgIpc) is 3.56. The molecule has 2 heterocycles. The van der Waals surface area contributed by atoms with Gasteiger partial charge in [0.25, 0.3) is 0 Å². The summed E-state index contributed by atoms with van der Waals surface area (Å²) in [7, 11) is -3.67. The molecule has 3 aromatic carbocycles. The van der Waals surface area contributed by atoms with Gasteiger partial charge in [0, 0.05) is 36.9 Å². The molecular formula is C33H39N5O5S. The van der Waals surface area contributed by atoms with Gasteiger partial charge in [-0.1, -0.05) is 24.3 Å². The number of fused-ring (bicyclic) bond motifs is 1. The van der Waals surface area contributed by atoms with Crippen molar-refractivity contribution in [1.29, 1.82) is 0 Å². The lowest BCUT2D eigenvalue weighted by Crippen LogP contribution is -2.34. The predicted molar refractivity (Wildman–Crippen MR) is 172 cm³/mol. The van der Waals surface area contributed by atoms with Gasteiger partial charge in [-0.15, -0.1) is 0 Å². The largest absolute Gasteiger partial charge is 0.490 e. The number of rotatable bonds is 12. The minimum Gasteiger partial charge on any atom is -0.490 e. The molecule has 0 aliphatic carbocycles. The Labute approximate surface area is 258 Å². The number of benzene rings is 3. The summed E-state index contributed by atoms with van der Waals surface area (Å²) < 4.78 is 40.1. The highest BCUT2D eigenvalue weighted by Gasteiger charge is 2.30. The Morgan fingerprint density at radius 1 is 1.02 bits per heavy atom. The maximum Gasteiger partial charge on any atom is 0.247 e. The van der Waals surface area contributed by atoms with E-state index in [4.69, 9.17) is 15.2 Å². The van der Waals surface area contributed by atoms with Crippen molar-refractivity contribution in [2.24, 2.45) is 0 Å². The second kappa shape index (κ2) is 13.5. The molecule has 1 atom stereocenters. The fraction of sp³-hybridized carbons (Fsp3) is 0.333. The van der Waals surface area contributed by atoms with Gasteiger partial charge in [-0.3, -0.25) is 4.79 Å². The number of carbonyl (C=O) groups excluding carboxylic acids is 1. The van der Waals surface area contributed by atoms with Crippen molar-refractivity contribution in [2.75, 3.05) is 30.7 Å². The molecular weight excluding hydrogens is 578 g/mol. The van der Waals surface area contributed by atoms with Gasteiger partial charge in [0.2, 0.25) is 15.9 Å². The molecule has 10 nitrogen and oxygen atoms in total. The van der Waals surface area contributed by atoms with E-state index in [0.29, 0.717) is 53.8 Å². The SMILES string of the molecule is CCOc1cc(C(Nc2ccc3c(N)nccc3c2)C(=O)NCc2ccccc2S(=O)(=O)N2CCCC2)ccc1OC(C)C.